The summed E-state index contributed by atoms with van der Waals surface area (Å²) in [4.78, 5) is 13.1. The number of aromatic nitrogens is 4. The van der Waals surface area contributed by atoms with Crippen molar-refractivity contribution < 1.29 is 20.1 Å². The molecular weight excluding hydrogens is 460 g/mol. The molecule has 1 aliphatic heterocycles. The zero-order valence-corrected chi connectivity index (χ0v) is 20.5. The van der Waals surface area contributed by atoms with Crippen LogP contribution in [0.3, 0.4) is 0 Å². The number of anilines is 2. The fraction of sp³-hybridized carbons (Fsp3) is 0.577. The largest absolute Gasteiger partial charge is 0.394 e. The Kier molecular flexibility index (Phi) is 7.66. The SMILES string of the molecule is Nc1nc(NCCc2ccc(CCC3CCCCC3)cc2)nc2c1ncn2[C@@H]1O[C@H](CO)C(O)C1O. The minimum Gasteiger partial charge on any atom is -0.394 e. The Labute approximate surface area is 210 Å². The molecule has 0 bridgehead atoms. The second-order valence-corrected chi connectivity index (χ2v) is 10.0. The zero-order valence-electron chi connectivity index (χ0n) is 20.5. The highest BCUT2D eigenvalue weighted by Gasteiger charge is 2.44. The average molecular weight is 497 g/mol. The van der Waals surface area contributed by atoms with Crippen molar-refractivity contribution >= 4 is 22.9 Å². The number of benzene rings is 1. The van der Waals surface area contributed by atoms with E-state index in [1.807, 2.05) is 0 Å². The number of nitrogens with one attached hydrogen (secondary N) is 1. The predicted octanol–water partition coefficient (Wildman–Crippen LogP) is 2.19. The number of hydrogen-bond acceptors (Lipinski definition) is 9. The molecular formula is C26H36N6O4. The Morgan fingerprint density at radius 2 is 1.72 bits per heavy atom. The first kappa shape index (κ1) is 24.9. The average Bonchev–Trinajstić information content (AvgIpc) is 3.45. The standard InChI is InChI=1S/C26H36N6O4/c27-23-20-24(32(15-29-20)25-22(35)21(34)19(14-33)36-25)31-26(30-23)28-13-12-18-10-8-17(9-11-18)7-6-16-4-2-1-3-5-16/h8-11,15-16,19,21-22,25,33-35H,1-7,12-14H2,(H3,27,28,30,31)/t19-,21?,22?,25-/m1/s1. The van der Waals surface area contributed by atoms with Crippen molar-refractivity contribution in [2.24, 2.45) is 5.92 Å². The maximum Gasteiger partial charge on any atom is 0.226 e. The van der Waals surface area contributed by atoms with Gasteiger partial charge in [0, 0.05) is 6.54 Å². The summed E-state index contributed by atoms with van der Waals surface area (Å²) in [5.74, 6) is 1.45. The van der Waals surface area contributed by atoms with Gasteiger partial charge >= 0.3 is 0 Å². The lowest BCUT2D eigenvalue weighted by Crippen LogP contribution is -2.33. The third kappa shape index (κ3) is 5.31. The zero-order chi connectivity index (χ0) is 25.1. The summed E-state index contributed by atoms with van der Waals surface area (Å²) in [6.45, 7) is 0.209. The summed E-state index contributed by atoms with van der Waals surface area (Å²) >= 11 is 0. The number of nitrogen functional groups attached to an aromatic ring is 1. The highest BCUT2D eigenvalue weighted by atomic mass is 16.6. The molecule has 1 saturated heterocycles. The van der Waals surface area contributed by atoms with E-state index in [1.54, 1.807) is 0 Å². The highest BCUT2D eigenvalue weighted by molar-refractivity contribution is 5.83. The first-order chi connectivity index (χ1) is 17.5. The van der Waals surface area contributed by atoms with Crippen LogP contribution in [0.2, 0.25) is 0 Å². The van der Waals surface area contributed by atoms with Crippen LogP contribution in [-0.4, -0.2) is 66.3 Å². The Morgan fingerprint density at radius 1 is 1.00 bits per heavy atom. The van der Waals surface area contributed by atoms with Gasteiger partial charge in [-0.25, -0.2) is 4.98 Å². The molecule has 10 heteroatoms. The van der Waals surface area contributed by atoms with Crippen molar-refractivity contribution in [3.8, 4) is 0 Å². The molecule has 1 aliphatic carbocycles. The van der Waals surface area contributed by atoms with E-state index in [-0.39, 0.29) is 5.82 Å². The van der Waals surface area contributed by atoms with E-state index >= 15 is 0 Å². The summed E-state index contributed by atoms with van der Waals surface area (Å²) < 4.78 is 7.13. The number of nitrogens with zero attached hydrogens (tertiary/aromatic N) is 4. The number of imidazole rings is 1. The van der Waals surface area contributed by atoms with Gasteiger partial charge in [-0.15, -0.1) is 0 Å². The number of aliphatic hydroxyl groups is 3. The lowest BCUT2D eigenvalue weighted by atomic mass is 9.85. The Bertz CT molecular complexity index is 1150. The Hall–Kier alpha value is -2.79. The van der Waals surface area contributed by atoms with Crippen LogP contribution in [0.1, 0.15) is 55.9 Å². The van der Waals surface area contributed by atoms with E-state index < -0.39 is 31.1 Å². The fourth-order valence-corrected chi connectivity index (χ4v) is 5.35. The van der Waals surface area contributed by atoms with Gasteiger partial charge in [-0.3, -0.25) is 4.57 Å². The van der Waals surface area contributed by atoms with Crippen molar-refractivity contribution in [2.75, 3.05) is 24.2 Å². The molecule has 0 radical (unpaired) electrons. The molecule has 5 rings (SSSR count). The van der Waals surface area contributed by atoms with Crippen molar-refractivity contribution in [1.29, 1.82) is 0 Å². The molecule has 3 aromatic rings. The minimum absolute atomic E-state index is 0.204. The van der Waals surface area contributed by atoms with Crippen molar-refractivity contribution in [1.82, 2.24) is 19.5 Å². The third-order valence-corrected chi connectivity index (χ3v) is 7.53. The number of nitrogens with two attached hydrogens (primary N) is 1. The number of rotatable bonds is 9. The normalized spacial score (nSPS) is 25.0. The molecule has 10 nitrogen and oxygen atoms in total. The highest BCUT2D eigenvalue weighted by Crippen LogP contribution is 2.32. The molecule has 2 unspecified atom stereocenters. The summed E-state index contributed by atoms with van der Waals surface area (Å²) in [5.41, 5.74) is 9.49. The van der Waals surface area contributed by atoms with Gasteiger partial charge in [0.15, 0.2) is 17.7 Å². The maximum absolute atomic E-state index is 10.4. The summed E-state index contributed by atoms with van der Waals surface area (Å²) in [5, 5.41) is 33.1. The van der Waals surface area contributed by atoms with Gasteiger partial charge < -0.3 is 31.1 Å². The van der Waals surface area contributed by atoms with Crippen LogP contribution in [0.25, 0.3) is 11.2 Å². The molecule has 4 atom stereocenters. The van der Waals surface area contributed by atoms with Crippen LogP contribution in [0.15, 0.2) is 30.6 Å². The first-order valence-corrected chi connectivity index (χ1v) is 13.0. The van der Waals surface area contributed by atoms with Crippen LogP contribution < -0.4 is 11.1 Å². The molecule has 6 N–H and O–H groups in total. The predicted molar refractivity (Wildman–Crippen MR) is 136 cm³/mol. The lowest BCUT2D eigenvalue weighted by Gasteiger charge is -2.21. The van der Waals surface area contributed by atoms with E-state index in [0.29, 0.717) is 23.7 Å². The van der Waals surface area contributed by atoms with Crippen LogP contribution in [0.5, 0.6) is 0 Å². The van der Waals surface area contributed by atoms with E-state index in [9.17, 15) is 15.3 Å². The second-order valence-electron chi connectivity index (χ2n) is 10.0. The number of hydrogen-bond donors (Lipinski definition) is 5. The third-order valence-electron chi connectivity index (χ3n) is 7.53. The molecule has 2 aliphatic rings. The van der Waals surface area contributed by atoms with E-state index in [2.05, 4.69) is 44.5 Å². The topological polar surface area (TPSA) is 152 Å². The van der Waals surface area contributed by atoms with Crippen molar-refractivity contribution in [3.05, 3.63) is 41.7 Å². The molecule has 1 aromatic carbocycles. The van der Waals surface area contributed by atoms with Crippen LogP contribution in [0.4, 0.5) is 11.8 Å². The van der Waals surface area contributed by atoms with Crippen LogP contribution in [-0.2, 0) is 17.6 Å². The van der Waals surface area contributed by atoms with Gasteiger partial charge in [-0.2, -0.15) is 9.97 Å². The Morgan fingerprint density at radius 3 is 2.42 bits per heavy atom. The maximum atomic E-state index is 10.4. The van der Waals surface area contributed by atoms with Gasteiger partial charge in [0.1, 0.15) is 23.8 Å². The van der Waals surface area contributed by atoms with E-state index in [0.717, 1.165) is 18.8 Å². The number of ether oxygens (including phenoxy) is 1. The lowest BCUT2D eigenvalue weighted by molar-refractivity contribution is -0.0511. The van der Waals surface area contributed by atoms with Gasteiger partial charge in [-0.1, -0.05) is 56.4 Å². The van der Waals surface area contributed by atoms with Crippen LogP contribution in [0, 0.1) is 5.92 Å². The quantitative estimate of drug-likeness (QED) is 0.300. The first-order valence-electron chi connectivity index (χ1n) is 13.0. The Balaban J connectivity index is 1.19. The molecule has 0 spiro atoms. The molecule has 36 heavy (non-hydrogen) atoms. The van der Waals surface area contributed by atoms with E-state index in [4.69, 9.17) is 10.5 Å². The van der Waals surface area contributed by atoms with Crippen LogP contribution >= 0.6 is 0 Å². The van der Waals surface area contributed by atoms with Gasteiger partial charge in [0.25, 0.3) is 0 Å². The fourth-order valence-electron chi connectivity index (χ4n) is 5.35. The van der Waals surface area contributed by atoms with Crippen molar-refractivity contribution in [3.63, 3.8) is 0 Å². The molecule has 1 saturated carbocycles. The number of aliphatic hydroxyl groups excluding tert-OH is 3. The second kappa shape index (κ2) is 11.1. The molecule has 3 heterocycles. The molecule has 0 amide bonds. The van der Waals surface area contributed by atoms with E-state index in [1.165, 1.54) is 60.5 Å². The van der Waals surface area contributed by atoms with Gasteiger partial charge in [-0.05, 0) is 36.3 Å². The summed E-state index contributed by atoms with van der Waals surface area (Å²) in [7, 11) is 0. The summed E-state index contributed by atoms with van der Waals surface area (Å²) in [6, 6.07) is 8.84. The van der Waals surface area contributed by atoms with Gasteiger partial charge in [0.2, 0.25) is 5.95 Å². The smallest absolute Gasteiger partial charge is 0.226 e. The molecule has 2 fully saturated rings. The number of aryl methyl sites for hydroxylation is 1. The molecule has 194 valence electrons. The monoisotopic (exact) mass is 496 g/mol. The van der Waals surface area contributed by atoms with Gasteiger partial charge in [0.05, 0.1) is 12.9 Å². The molecule has 2 aromatic heterocycles. The minimum atomic E-state index is -1.24. The van der Waals surface area contributed by atoms with Crippen molar-refractivity contribution in [2.45, 2.75) is 75.9 Å². The summed E-state index contributed by atoms with van der Waals surface area (Å²) in [6.07, 6.45) is 7.38. The number of fused-ring (bicyclic) bond motifs is 1.